The molecule has 118 valence electrons. The summed E-state index contributed by atoms with van der Waals surface area (Å²) in [4.78, 5) is 0. The second-order valence-electron chi connectivity index (χ2n) is 6.40. The minimum Gasteiger partial charge on any atom is -0.497 e. The summed E-state index contributed by atoms with van der Waals surface area (Å²) in [6.45, 7) is 5.92. The predicted octanol–water partition coefficient (Wildman–Crippen LogP) is 4.10. The first-order chi connectivity index (χ1) is 9.75. The summed E-state index contributed by atoms with van der Waals surface area (Å²) in [5.74, 6) is 1.79. The molecule has 1 aliphatic carbocycles. The van der Waals surface area contributed by atoms with Crippen molar-refractivity contribution in [3.8, 4) is 5.75 Å². The Kier molecular flexibility index (Phi) is 5.21. The van der Waals surface area contributed by atoms with Crippen molar-refractivity contribution in [2.75, 3.05) is 13.7 Å². The largest absolute Gasteiger partial charge is 0.497 e. The Labute approximate surface area is 135 Å². The van der Waals surface area contributed by atoms with Gasteiger partial charge in [-0.25, -0.2) is 0 Å². The van der Waals surface area contributed by atoms with E-state index < -0.39 is 0 Å². The SMILES string of the molecule is CCC1(CC)c2cc(OC)ccc2C[C@H]2NCCC[C@H]21.Cl. The van der Waals surface area contributed by atoms with Gasteiger partial charge >= 0.3 is 0 Å². The number of fused-ring (bicyclic) bond motifs is 2. The Morgan fingerprint density at radius 1 is 1.29 bits per heavy atom. The van der Waals surface area contributed by atoms with E-state index in [1.165, 1.54) is 44.2 Å². The summed E-state index contributed by atoms with van der Waals surface area (Å²) in [6.07, 6.45) is 6.34. The van der Waals surface area contributed by atoms with E-state index >= 15 is 0 Å². The highest BCUT2D eigenvalue weighted by Gasteiger charge is 2.47. The van der Waals surface area contributed by atoms with E-state index in [9.17, 15) is 0 Å². The Morgan fingerprint density at radius 2 is 2.05 bits per heavy atom. The topological polar surface area (TPSA) is 21.3 Å². The van der Waals surface area contributed by atoms with E-state index in [1.54, 1.807) is 12.7 Å². The van der Waals surface area contributed by atoms with Crippen LogP contribution in [0.3, 0.4) is 0 Å². The number of ether oxygens (including phenoxy) is 1. The van der Waals surface area contributed by atoms with E-state index in [0.29, 0.717) is 11.5 Å². The molecule has 1 fully saturated rings. The molecule has 0 amide bonds. The third-order valence-electron chi connectivity index (χ3n) is 5.85. The Bertz CT molecular complexity index is 484. The van der Waals surface area contributed by atoms with Gasteiger partial charge in [0.1, 0.15) is 5.75 Å². The summed E-state index contributed by atoms with van der Waals surface area (Å²) in [7, 11) is 1.77. The monoisotopic (exact) mass is 309 g/mol. The lowest BCUT2D eigenvalue weighted by molar-refractivity contribution is 0.131. The molecule has 1 aromatic carbocycles. The van der Waals surface area contributed by atoms with Crippen LogP contribution < -0.4 is 10.1 Å². The number of halogens is 1. The van der Waals surface area contributed by atoms with Gasteiger partial charge < -0.3 is 10.1 Å². The first kappa shape index (κ1) is 16.6. The maximum atomic E-state index is 5.48. The minimum absolute atomic E-state index is 0. The van der Waals surface area contributed by atoms with Crippen molar-refractivity contribution < 1.29 is 4.74 Å². The van der Waals surface area contributed by atoms with E-state index in [2.05, 4.69) is 37.4 Å². The Hall–Kier alpha value is -0.730. The minimum atomic E-state index is 0. The van der Waals surface area contributed by atoms with E-state index in [4.69, 9.17) is 4.74 Å². The van der Waals surface area contributed by atoms with E-state index in [-0.39, 0.29) is 12.4 Å². The first-order valence-electron chi connectivity index (χ1n) is 8.16. The highest BCUT2D eigenvalue weighted by Crippen LogP contribution is 2.50. The summed E-state index contributed by atoms with van der Waals surface area (Å²) in [5.41, 5.74) is 3.43. The number of rotatable bonds is 3. The van der Waals surface area contributed by atoms with Gasteiger partial charge in [0.2, 0.25) is 0 Å². The number of hydrogen-bond acceptors (Lipinski definition) is 2. The number of nitrogens with one attached hydrogen (secondary N) is 1. The number of benzene rings is 1. The molecule has 2 atom stereocenters. The van der Waals surface area contributed by atoms with Crippen LogP contribution in [0.25, 0.3) is 0 Å². The second-order valence-corrected chi connectivity index (χ2v) is 6.40. The van der Waals surface area contributed by atoms with Crippen LogP contribution in [0.1, 0.15) is 50.7 Å². The van der Waals surface area contributed by atoms with Crippen LogP contribution in [-0.4, -0.2) is 19.7 Å². The predicted molar refractivity (Wildman–Crippen MR) is 90.7 cm³/mol. The lowest BCUT2D eigenvalue weighted by Gasteiger charge is -2.51. The lowest BCUT2D eigenvalue weighted by Crippen LogP contribution is -2.55. The summed E-state index contributed by atoms with van der Waals surface area (Å²) < 4.78 is 5.48. The highest BCUT2D eigenvalue weighted by atomic mass is 35.5. The summed E-state index contributed by atoms with van der Waals surface area (Å²) in [5, 5.41) is 3.78. The van der Waals surface area contributed by atoms with Gasteiger partial charge in [-0.15, -0.1) is 12.4 Å². The van der Waals surface area contributed by atoms with Crippen molar-refractivity contribution in [2.45, 2.75) is 57.4 Å². The number of piperidine rings is 1. The molecule has 1 aromatic rings. The molecule has 1 N–H and O–H groups in total. The molecular weight excluding hydrogens is 282 g/mol. The van der Waals surface area contributed by atoms with Crippen molar-refractivity contribution in [1.82, 2.24) is 5.32 Å². The van der Waals surface area contributed by atoms with Gasteiger partial charge in [0, 0.05) is 6.04 Å². The molecule has 0 spiro atoms. The summed E-state index contributed by atoms with van der Waals surface area (Å²) >= 11 is 0. The fourth-order valence-electron chi connectivity index (χ4n) is 4.74. The van der Waals surface area contributed by atoms with Crippen molar-refractivity contribution in [3.05, 3.63) is 29.3 Å². The smallest absolute Gasteiger partial charge is 0.119 e. The molecule has 1 aliphatic heterocycles. The molecule has 3 heteroatoms. The molecule has 1 heterocycles. The fourth-order valence-corrected chi connectivity index (χ4v) is 4.74. The summed E-state index contributed by atoms with van der Waals surface area (Å²) in [6, 6.07) is 7.40. The van der Waals surface area contributed by atoms with Crippen molar-refractivity contribution >= 4 is 12.4 Å². The van der Waals surface area contributed by atoms with Gasteiger partial charge in [0.05, 0.1) is 7.11 Å². The van der Waals surface area contributed by atoms with Crippen molar-refractivity contribution in [2.24, 2.45) is 5.92 Å². The molecule has 0 unspecified atom stereocenters. The zero-order valence-electron chi connectivity index (χ0n) is 13.4. The maximum Gasteiger partial charge on any atom is 0.119 e. The molecule has 2 nitrogen and oxygen atoms in total. The van der Waals surface area contributed by atoms with Gasteiger partial charge in [0.25, 0.3) is 0 Å². The average molecular weight is 310 g/mol. The van der Waals surface area contributed by atoms with Crippen LogP contribution in [-0.2, 0) is 11.8 Å². The maximum absolute atomic E-state index is 5.48. The molecular formula is C18H28ClNO. The third-order valence-corrected chi connectivity index (χ3v) is 5.85. The number of methoxy groups -OCH3 is 1. The van der Waals surface area contributed by atoms with Crippen molar-refractivity contribution in [3.63, 3.8) is 0 Å². The van der Waals surface area contributed by atoms with Gasteiger partial charge in [-0.2, -0.15) is 0 Å². The van der Waals surface area contributed by atoms with Crippen LogP contribution in [0.4, 0.5) is 0 Å². The van der Waals surface area contributed by atoms with Crippen molar-refractivity contribution in [1.29, 1.82) is 0 Å². The van der Waals surface area contributed by atoms with Crippen LogP contribution in [0.2, 0.25) is 0 Å². The zero-order valence-corrected chi connectivity index (χ0v) is 14.3. The third kappa shape index (κ3) is 2.57. The van der Waals surface area contributed by atoms with Gasteiger partial charge in [-0.3, -0.25) is 0 Å². The van der Waals surface area contributed by atoms with Crippen LogP contribution in [0.15, 0.2) is 18.2 Å². The molecule has 0 radical (unpaired) electrons. The van der Waals surface area contributed by atoms with Crippen LogP contribution in [0.5, 0.6) is 5.75 Å². The lowest BCUT2D eigenvalue weighted by atomic mass is 9.57. The molecule has 3 rings (SSSR count). The van der Waals surface area contributed by atoms with Gasteiger partial charge in [-0.1, -0.05) is 19.9 Å². The Balaban J connectivity index is 0.00000161. The first-order valence-corrected chi connectivity index (χ1v) is 8.16. The number of hydrogen-bond donors (Lipinski definition) is 1. The zero-order chi connectivity index (χ0) is 14.2. The van der Waals surface area contributed by atoms with Gasteiger partial charge in [0.15, 0.2) is 0 Å². The van der Waals surface area contributed by atoms with E-state index in [0.717, 1.165) is 11.7 Å². The van der Waals surface area contributed by atoms with E-state index in [1.807, 2.05) is 0 Å². The van der Waals surface area contributed by atoms with Crippen LogP contribution in [0, 0.1) is 5.92 Å². The molecule has 0 aromatic heterocycles. The average Bonchev–Trinajstić information content (AvgIpc) is 2.52. The normalized spacial score (nSPS) is 26.2. The van der Waals surface area contributed by atoms with Crippen LogP contribution >= 0.6 is 12.4 Å². The molecule has 1 saturated heterocycles. The standard InChI is InChI=1S/C18H27NO.ClH/c1-4-18(5-2)15-7-6-10-19-17(15)11-13-8-9-14(20-3)12-16(13)18;/h8-9,12,15,17,19H,4-7,10-11H2,1-3H3;1H/t15-,17-;/m1./s1. The quantitative estimate of drug-likeness (QED) is 0.907. The highest BCUT2D eigenvalue weighted by molar-refractivity contribution is 5.85. The molecule has 2 aliphatic rings. The molecule has 21 heavy (non-hydrogen) atoms. The fraction of sp³-hybridized carbons (Fsp3) is 0.667. The Morgan fingerprint density at radius 3 is 2.71 bits per heavy atom. The molecule has 0 saturated carbocycles. The second kappa shape index (κ2) is 6.58. The van der Waals surface area contributed by atoms with Gasteiger partial charge in [-0.05, 0) is 73.2 Å². The molecule has 0 bridgehead atoms.